The Labute approximate surface area is 60.3 Å². The third-order valence-corrected chi connectivity index (χ3v) is 1.52. The quantitative estimate of drug-likeness (QED) is 0.484. The summed E-state index contributed by atoms with van der Waals surface area (Å²) in [6.07, 6.45) is 0.369. The molecule has 0 aliphatic carbocycles. The highest BCUT2D eigenvalue weighted by Gasteiger charge is 2.19. The predicted octanol–water partition coefficient (Wildman–Crippen LogP) is 1.57. The van der Waals surface area contributed by atoms with Crippen LogP contribution in [-0.4, -0.2) is 18.9 Å². The summed E-state index contributed by atoms with van der Waals surface area (Å²) in [4.78, 5) is 10.6. The molecule has 0 bridgehead atoms. The largest absolute Gasteiger partial charge is 0.508 e. The van der Waals surface area contributed by atoms with Crippen LogP contribution in [0.15, 0.2) is 0 Å². The summed E-state index contributed by atoms with van der Waals surface area (Å²) in [6, 6.07) is 0. The average molecular weight is 144 g/mol. The van der Waals surface area contributed by atoms with Crippen LogP contribution in [0, 0.1) is 5.92 Å². The maximum Gasteiger partial charge on any atom is 0.508 e. The number of carbonyl (C=O) groups excluding carboxylic acids is 1. The van der Waals surface area contributed by atoms with Crippen LogP contribution in [0.2, 0.25) is 0 Å². The van der Waals surface area contributed by atoms with Crippen LogP contribution in [-0.2, 0) is 9.47 Å². The second-order valence-corrected chi connectivity index (χ2v) is 2.83. The van der Waals surface area contributed by atoms with Gasteiger partial charge in [-0.25, -0.2) is 4.79 Å². The van der Waals surface area contributed by atoms with Crippen LogP contribution in [0.1, 0.15) is 20.3 Å². The summed E-state index contributed by atoms with van der Waals surface area (Å²) in [5, 5.41) is 0. The van der Waals surface area contributed by atoms with Gasteiger partial charge in [0.15, 0.2) is 0 Å². The van der Waals surface area contributed by atoms with Gasteiger partial charge in [-0.15, -0.1) is 0 Å². The first-order chi connectivity index (χ1) is 4.68. The van der Waals surface area contributed by atoms with E-state index in [2.05, 4.69) is 0 Å². The molecule has 1 fully saturated rings. The Hall–Kier alpha value is -0.730. The third-order valence-electron chi connectivity index (χ3n) is 1.52. The molecular formula is C7H12O3. The number of carbonyl (C=O) groups is 1. The van der Waals surface area contributed by atoms with Gasteiger partial charge in [0, 0.05) is 0 Å². The van der Waals surface area contributed by atoms with Gasteiger partial charge in [-0.05, 0) is 19.3 Å². The second kappa shape index (κ2) is 2.90. The van der Waals surface area contributed by atoms with Crippen molar-refractivity contribution in [3.63, 3.8) is 0 Å². The van der Waals surface area contributed by atoms with Gasteiger partial charge in [0.05, 0.1) is 6.61 Å². The molecule has 0 N–H and O–H groups in total. The predicted molar refractivity (Wildman–Crippen MR) is 35.7 cm³/mol. The average Bonchev–Trinajstić information content (AvgIpc) is 1.93. The van der Waals surface area contributed by atoms with Gasteiger partial charge in [-0.3, -0.25) is 0 Å². The van der Waals surface area contributed by atoms with Gasteiger partial charge >= 0.3 is 6.16 Å². The van der Waals surface area contributed by atoms with Crippen LogP contribution in [0.4, 0.5) is 4.79 Å². The van der Waals surface area contributed by atoms with E-state index in [1.54, 1.807) is 0 Å². The summed E-state index contributed by atoms with van der Waals surface area (Å²) in [5.41, 5.74) is 0. The molecular weight excluding hydrogens is 132 g/mol. The second-order valence-electron chi connectivity index (χ2n) is 2.83. The molecule has 3 heteroatoms. The van der Waals surface area contributed by atoms with Crippen LogP contribution in [0.3, 0.4) is 0 Å². The van der Waals surface area contributed by atoms with Gasteiger partial charge in [-0.2, -0.15) is 0 Å². The fourth-order valence-electron chi connectivity index (χ4n) is 1.09. The highest BCUT2D eigenvalue weighted by molar-refractivity contribution is 5.60. The first-order valence-electron chi connectivity index (χ1n) is 3.52. The molecule has 10 heavy (non-hydrogen) atoms. The zero-order valence-corrected chi connectivity index (χ0v) is 6.29. The molecule has 0 aromatic rings. The lowest BCUT2D eigenvalue weighted by molar-refractivity contribution is 0.0483. The smallest absolute Gasteiger partial charge is 0.434 e. The van der Waals surface area contributed by atoms with Gasteiger partial charge in [0.2, 0.25) is 0 Å². The van der Waals surface area contributed by atoms with E-state index < -0.39 is 6.16 Å². The summed E-state index contributed by atoms with van der Waals surface area (Å²) in [5.74, 6) is 0.418. The van der Waals surface area contributed by atoms with Gasteiger partial charge in [0.1, 0.15) is 6.10 Å². The van der Waals surface area contributed by atoms with Crippen molar-refractivity contribution in [2.75, 3.05) is 6.61 Å². The van der Waals surface area contributed by atoms with Crippen LogP contribution >= 0.6 is 0 Å². The molecule has 1 heterocycles. The summed E-state index contributed by atoms with van der Waals surface area (Å²) >= 11 is 0. The van der Waals surface area contributed by atoms with Crippen LogP contribution in [0.5, 0.6) is 0 Å². The molecule has 0 saturated carbocycles. The SMILES string of the molecule is CC1COC(=O)OC(C)C1. The van der Waals surface area contributed by atoms with Crippen molar-refractivity contribution in [2.24, 2.45) is 5.92 Å². The third kappa shape index (κ3) is 1.90. The molecule has 2 atom stereocenters. The molecule has 1 rings (SSSR count). The fourth-order valence-corrected chi connectivity index (χ4v) is 1.09. The summed E-state index contributed by atoms with van der Waals surface area (Å²) < 4.78 is 9.54. The fraction of sp³-hybridized carbons (Fsp3) is 0.857. The number of hydrogen-bond acceptors (Lipinski definition) is 3. The molecule has 3 nitrogen and oxygen atoms in total. The lowest BCUT2D eigenvalue weighted by atomic mass is 10.1. The molecule has 0 aromatic carbocycles. The van der Waals surface area contributed by atoms with E-state index in [0.717, 1.165) is 6.42 Å². The first-order valence-corrected chi connectivity index (χ1v) is 3.52. The molecule has 1 aliphatic rings. The Morgan fingerprint density at radius 3 is 2.90 bits per heavy atom. The number of cyclic esters (lactones) is 2. The normalized spacial score (nSPS) is 34.0. The van der Waals surface area contributed by atoms with Crippen molar-refractivity contribution in [1.82, 2.24) is 0 Å². The zero-order chi connectivity index (χ0) is 7.56. The summed E-state index contributed by atoms with van der Waals surface area (Å²) in [7, 11) is 0. The topological polar surface area (TPSA) is 35.5 Å². The van der Waals surface area contributed by atoms with Crippen LogP contribution < -0.4 is 0 Å². The lowest BCUT2D eigenvalue weighted by Crippen LogP contribution is -2.11. The maximum absolute atomic E-state index is 10.6. The number of rotatable bonds is 0. The minimum Gasteiger partial charge on any atom is -0.434 e. The Kier molecular flexibility index (Phi) is 2.14. The van der Waals surface area contributed by atoms with E-state index in [1.807, 2.05) is 13.8 Å². The van der Waals surface area contributed by atoms with E-state index in [-0.39, 0.29) is 6.10 Å². The molecule has 0 aromatic heterocycles. The van der Waals surface area contributed by atoms with Crippen molar-refractivity contribution >= 4 is 6.16 Å². The minimum atomic E-state index is -0.531. The Bertz CT molecular complexity index is 133. The van der Waals surface area contributed by atoms with Crippen molar-refractivity contribution in [3.8, 4) is 0 Å². The minimum absolute atomic E-state index is 0.00463. The molecule has 0 amide bonds. The molecule has 2 unspecified atom stereocenters. The Morgan fingerprint density at radius 2 is 2.20 bits per heavy atom. The van der Waals surface area contributed by atoms with Crippen molar-refractivity contribution in [1.29, 1.82) is 0 Å². The molecule has 0 radical (unpaired) electrons. The van der Waals surface area contributed by atoms with E-state index in [0.29, 0.717) is 12.5 Å². The molecule has 58 valence electrons. The molecule has 1 saturated heterocycles. The monoisotopic (exact) mass is 144 g/mol. The van der Waals surface area contributed by atoms with Crippen molar-refractivity contribution in [3.05, 3.63) is 0 Å². The van der Waals surface area contributed by atoms with Gasteiger partial charge in [-0.1, -0.05) is 6.92 Å². The van der Waals surface area contributed by atoms with E-state index >= 15 is 0 Å². The molecule has 1 aliphatic heterocycles. The number of ether oxygens (including phenoxy) is 2. The standard InChI is InChI=1S/C7H12O3/c1-5-3-6(2)10-7(8)9-4-5/h5-6H,3-4H2,1-2H3. The lowest BCUT2D eigenvalue weighted by Gasteiger charge is -2.07. The summed E-state index contributed by atoms with van der Waals surface area (Å²) in [6.45, 7) is 4.41. The van der Waals surface area contributed by atoms with Crippen molar-refractivity contribution in [2.45, 2.75) is 26.4 Å². The highest BCUT2D eigenvalue weighted by atomic mass is 16.7. The molecule has 0 spiro atoms. The van der Waals surface area contributed by atoms with Gasteiger partial charge in [0.25, 0.3) is 0 Å². The first kappa shape index (κ1) is 7.38. The zero-order valence-electron chi connectivity index (χ0n) is 6.29. The van der Waals surface area contributed by atoms with E-state index in [1.165, 1.54) is 0 Å². The van der Waals surface area contributed by atoms with Crippen LogP contribution in [0.25, 0.3) is 0 Å². The number of hydrogen-bond donors (Lipinski definition) is 0. The van der Waals surface area contributed by atoms with Gasteiger partial charge < -0.3 is 9.47 Å². The Balaban J connectivity index is 2.46. The highest BCUT2D eigenvalue weighted by Crippen LogP contribution is 2.14. The maximum atomic E-state index is 10.6. The van der Waals surface area contributed by atoms with E-state index in [4.69, 9.17) is 9.47 Å². The van der Waals surface area contributed by atoms with E-state index in [9.17, 15) is 4.79 Å². The van der Waals surface area contributed by atoms with Crippen molar-refractivity contribution < 1.29 is 14.3 Å². The Morgan fingerprint density at radius 1 is 1.50 bits per heavy atom.